The van der Waals surface area contributed by atoms with E-state index in [-0.39, 0.29) is 11.9 Å². The van der Waals surface area contributed by atoms with Gasteiger partial charge in [0.05, 0.1) is 33.5 Å². The molecule has 0 spiro atoms. The normalized spacial score (nSPS) is 13.6. The van der Waals surface area contributed by atoms with E-state index >= 15 is 0 Å². The number of nitrogens with one attached hydrogen (secondary N) is 2. The summed E-state index contributed by atoms with van der Waals surface area (Å²) in [6, 6.07) is 9.75. The number of hydrogen-bond acceptors (Lipinski definition) is 5. The molecule has 0 saturated heterocycles. The average Bonchev–Trinajstić information content (AvgIpc) is 3.56. The van der Waals surface area contributed by atoms with Gasteiger partial charge in [-0.05, 0) is 64.3 Å². The van der Waals surface area contributed by atoms with Gasteiger partial charge in [0.2, 0.25) is 0 Å². The lowest BCUT2D eigenvalue weighted by molar-refractivity contribution is 0.0949. The molecule has 0 atom stereocenters. The first kappa shape index (κ1) is 26.7. The van der Waals surface area contributed by atoms with Crippen molar-refractivity contribution in [3.8, 4) is 11.3 Å². The third kappa shape index (κ3) is 5.61. The van der Waals surface area contributed by atoms with Crippen LogP contribution in [0.1, 0.15) is 50.4 Å². The lowest BCUT2D eigenvalue weighted by atomic mass is 10.1. The van der Waals surface area contributed by atoms with Crippen LogP contribution in [0.25, 0.3) is 27.9 Å². The molecular weight excluding hydrogens is 523 g/mol. The molecule has 11 heteroatoms. The Hall–Kier alpha value is -3.92. The van der Waals surface area contributed by atoms with E-state index in [1.807, 2.05) is 25.2 Å². The fourth-order valence-corrected chi connectivity index (χ4v) is 4.80. The number of hydrogen-bond donors (Lipinski definition) is 3. The zero-order chi connectivity index (χ0) is 27.9. The molecule has 3 N–H and O–H groups in total. The monoisotopic (exact) mass is 552 g/mol. The summed E-state index contributed by atoms with van der Waals surface area (Å²) in [5.74, 6) is -0.125. The van der Waals surface area contributed by atoms with E-state index in [1.54, 1.807) is 30.5 Å². The van der Waals surface area contributed by atoms with Gasteiger partial charge < -0.3 is 20.6 Å². The third-order valence-corrected chi connectivity index (χ3v) is 7.01. The van der Waals surface area contributed by atoms with E-state index in [9.17, 15) is 19.1 Å². The fraction of sp³-hybridized carbons (Fsp3) is 0.357. The molecule has 5 rings (SSSR count). The van der Waals surface area contributed by atoms with Crippen LogP contribution in [-0.2, 0) is 0 Å². The summed E-state index contributed by atoms with van der Waals surface area (Å²) in [6.07, 6.45) is 3.20. The molecule has 2 aromatic carbocycles. The standard InChI is InChI=1S/C28H30ClFN6O3/c1-28(2,3)35(27(38)39)12-4-11-31-24-25-32-15-23(36(25)22-14-17(30)6-10-21(22)34-24)16-5-9-19(20(29)13-16)26(37)33-18-7-8-18/h5-6,9-10,13-15,18H,4,7-8,11-12H2,1-3H3,(H,31,34)(H,33,37)(H,38,39). The maximum atomic E-state index is 14.3. The van der Waals surface area contributed by atoms with Crippen molar-refractivity contribution in [2.75, 3.05) is 18.4 Å². The van der Waals surface area contributed by atoms with Gasteiger partial charge in [0.25, 0.3) is 5.91 Å². The number of benzene rings is 2. The number of fused-ring (bicyclic) bond motifs is 3. The van der Waals surface area contributed by atoms with Crippen molar-refractivity contribution in [3.05, 3.63) is 59.0 Å². The van der Waals surface area contributed by atoms with Gasteiger partial charge in [-0.25, -0.2) is 19.2 Å². The highest BCUT2D eigenvalue weighted by atomic mass is 35.5. The number of rotatable bonds is 8. The van der Waals surface area contributed by atoms with Crippen LogP contribution >= 0.6 is 11.6 Å². The van der Waals surface area contributed by atoms with Crippen molar-refractivity contribution < 1.29 is 19.1 Å². The highest BCUT2D eigenvalue weighted by Gasteiger charge is 2.26. The Morgan fingerprint density at radius 1 is 1.21 bits per heavy atom. The Morgan fingerprint density at radius 3 is 2.64 bits per heavy atom. The molecule has 0 unspecified atom stereocenters. The molecule has 2 aromatic heterocycles. The Kier molecular flexibility index (Phi) is 7.07. The molecule has 1 aliphatic carbocycles. The quantitative estimate of drug-likeness (QED) is 0.238. The van der Waals surface area contributed by atoms with E-state index in [0.717, 1.165) is 12.8 Å². The maximum Gasteiger partial charge on any atom is 0.407 e. The lowest BCUT2D eigenvalue weighted by Gasteiger charge is -2.33. The second-order valence-corrected chi connectivity index (χ2v) is 11.1. The van der Waals surface area contributed by atoms with Crippen molar-refractivity contribution in [2.24, 2.45) is 0 Å². The van der Waals surface area contributed by atoms with Crippen LogP contribution in [0.3, 0.4) is 0 Å². The SMILES string of the molecule is CC(C)(C)N(CCCNc1nc2ccc(F)cc2n2c(-c3ccc(C(=O)NC4CC4)c(Cl)c3)cnc12)C(=O)O. The number of anilines is 1. The van der Waals surface area contributed by atoms with Crippen molar-refractivity contribution in [1.29, 1.82) is 0 Å². The molecule has 0 aliphatic heterocycles. The highest BCUT2D eigenvalue weighted by molar-refractivity contribution is 6.34. The fourth-order valence-electron chi connectivity index (χ4n) is 4.54. The first-order chi connectivity index (χ1) is 18.5. The summed E-state index contributed by atoms with van der Waals surface area (Å²) < 4.78 is 16.1. The Bertz CT molecular complexity index is 1580. The molecule has 39 heavy (non-hydrogen) atoms. The zero-order valence-corrected chi connectivity index (χ0v) is 22.7. The van der Waals surface area contributed by atoms with Gasteiger partial charge in [0.1, 0.15) is 5.82 Å². The van der Waals surface area contributed by atoms with Gasteiger partial charge in [-0.2, -0.15) is 0 Å². The molecule has 1 fully saturated rings. The number of carbonyl (C=O) groups is 2. The number of halogens is 2. The molecule has 2 heterocycles. The van der Waals surface area contributed by atoms with Crippen molar-refractivity contribution in [3.63, 3.8) is 0 Å². The van der Waals surface area contributed by atoms with Gasteiger partial charge in [-0.15, -0.1) is 0 Å². The summed E-state index contributed by atoms with van der Waals surface area (Å²) in [4.78, 5) is 34.8. The van der Waals surface area contributed by atoms with Gasteiger partial charge in [0.15, 0.2) is 11.5 Å². The predicted molar refractivity (Wildman–Crippen MR) is 149 cm³/mol. The Balaban J connectivity index is 1.47. The minimum Gasteiger partial charge on any atom is -0.465 e. The molecule has 9 nitrogen and oxygen atoms in total. The summed E-state index contributed by atoms with van der Waals surface area (Å²) in [5, 5.41) is 16.1. The van der Waals surface area contributed by atoms with Crippen LogP contribution in [0.15, 0.2) is 42.6 Å². The van der Waals surface area contributed by atoms with Crippen LogP contribution in [0, 0.1) is 5.82 Å². The maximum absolute atomic E-state index is 14.3. The Labute approximate surface area is 230 Å². The Morgan fingerprint density at radius 2 is 1.97 bits per heavy atom. The van der Waals surface area contributed by atoms with E-state index in [2.05, 4.69) is 20.6 Å². The summed E-state index contributed by atoms with van der Waals surface area (Å²) in [6.45, 7) is 6.36. The lowest BCUT2D eigenvalue weighted by Crippen LogP contribution is -2.45. The highest BCUT2D eigenvalue weighted by Crippen LogP contribution is 2.31. The van der Waals surface area contributed by atoms with Crippen LogP contribution in [0.5, 0.6) is 0 Å². The van der Waals surface area contributed by atoms with Gasteiger partial charge in [-0.3, -0.25) is 9.20 Å². The molecule has 1 aliphatic rings. The average molecular weight is 553 g/mol. The third-order valence-electron chi connectivity index (χ3n) is 6.70. The molecule has 4 aromatic rings. The summed E-state index contributed by atoms with van der Waals surface area (Å²) in [7, 11) is 0. The number of amides is 2. The number of carboxylic acid groups (broad SMARTS) is 1. The van der Waals surface area contributed by atoms with Crippen LogP contribution in [0.4, 0.5) is 15.0 Å². The van der Waals surface area contributed by atoms with Gasteiger partial charge >= 0.3 is 6.09 Å². The largest absolute Gasteiger partial charge is 0.465 e. The van der Waals surface area contributed by atoms with E-state index in [1.165, 1.54) is 17.0 Å². The van der Waals surface area contributed by atoms with E-state index in [0.29, 0.717) is 63.9 Å². The first-order valence-corrected chi connectivity index (χ1v) is 13.2. The van der Waals surface area contributed by atoms with Crippen molar-refractivity contribution >= 4 is 46.1 Å². The van der Waals surface area contributed by atoms with Crippen LogP contribution in [0.2, 0.25) is 5.02 Å². The molecule has 1 saturated carbocycles. The van der Waals surface area contributed by atoms with E-state index in [4.69, 9.17) is 11.6 Å². The van der Waals surface area contributed by atoms with E-state index < -0.39 is 17.4 Å². The topological polar surface area (TPSA) is 112 Å². The van der Waals surface area contributed by atoms with Gasteiger partial charge in [-0.1, -0.05) is 17.7 Å². The number of nitrogens with zero attached hydrogens (tertiary/aromatic N) is 4. The summed E-state index contributed by atoms with van der Waals surface area (Å²) >= 11 is 6.51. The molecule has 0 radical (unpaired) electrons. The molecule has 204 valence electrons. The number of imidazole rings is 1. The van der Waals surface area contributed by atoms with Crippen molar-refractivity contribution in [2.45, 2.75) is 51.6 Å². The second-order valence-electron chi connectivity index (χ2n) is 10.7. The molecular formula is C28H30ClFN6O3. The van der Waals surface area contributed by atoms with Gasteiger partial charge in [0, 0.05) is 36.3 Å². The van der Waals surface area contributed by atoms with Crippen molar-refractivity contribution in [1.82, 2.24) is 24.6 Å². The number of carbonyl (C=O) groups excluding carboxylic acids is 1. The zero-order valence-electron chi connectivity index (χ0n) is 22.0. The second kappa shape index (κ2) is 10.3. The van der Waals surface area contributed by atoms with Crippen LogP contribution in [-0.4, -0.2) is 61.0 Å². The predicted octanol–water partition coefficient (Wildman–Crippen LogP) is 5.81. The summed E-state index contributed by atoms with van der Waals surface area (Å²) in [5.41, 5.74) is 2.82. The minimum atomic E-state index is -0.969. The first-order valence-electron chi connectivity index (χ1n) is 12.8. The molecule has 0 bridgehead atoms. The number of aromatic nitrogens is 3. The minimum absolute atomic E-state index is 0.205. The molecule has 2 amide bonds. The van der Waals surface area contributed by atoms with Crippen LogP contribution < -0.4 is 10.6 Å². The smallest absolute Gasteiger partial charge is 0.407 e.